The van der Waals surface area contributed by atoms with Crippen LogP contribution in [-0.2, 0) is 11.3 Å². The third-order valence-electron chi connectivity index (χ3n) is 5.91. The van der Waals surface area contributed by atoms with Gasteiger partial charge in [0, 0.05) is 38.0 Å². The molecule has 1 saturated carbocycles. The van der Waals surface area contributed by atoms with Crippen LogP contribution in [0.4, 0.5) is 0 Å². The van der Waals surface area contributed by atoms with Gasteiger partial charge in [0.15, 0.2) is 0 Å². The fourth-order valence-corrected chi connectivity index (χ4v) is 4.09. The molecule has 0 spiro atoms. The van der Waals surface area contributed by atoms with E-state index in [-0.39, 0.29) is 11.5 Å². The Morgan fingerprint density at radius 3 is 2.48 bits per heavy atom. The van der Waals surface area contributed by atoms with Gasteiger partial charge in [-0.25, -0.2) is 4.68 Å². The van der Waals surface area contributed by atoms with E-state index >= 15 is 0 Å². The highest BCUT2D eigenvalue weighted by Gasteiger charge is 2.27. The van der Waals surface area contributed by atoms with Crippen LogP contribution in [0.5, 0.6) is 0 Å². The molecule has 25 heavy (non-hydrogen) atoms. The fraction of sp³-hybridized carbons (Fsp3) is 0.737. The molecule has 3 aliphatic rings. The Bertz CT molecular complexity index is 664. The molecule has 3 fully saturated rings. The SMILES string of the molecule is O=C1CCC(CN2CCC(Cn3nc(C4CC4)ccc3=O)CC2)CN1. The van der Waals surface area contributed by atoms with Crippen LogP contribution in [0.15, 0.2) is 16.9 Å². The molecule has 1 amide bonds. The summed E-state index contributed by atoms with van der Waals surface area (Å²) in [6.45, 7) is 4.85. The van der Waals surface area contributed by atoms with Gasteiger partial charge in [-0.2, -0.15) is 5.10 Å². The van der Waals surface area contributed by atoms with E-state index in [1.807, 2.05) is 6.07 Å². The largest absolute Gasteiger partial charge is 0.356 e. The third-order valence-corrected chi connectivity index (χ3v) is 5.91. The van der Waals surface area contributed by atoms with Crippen LogP contribution in [-0.4, -0.2) is 46.8 Å². The monoisotopic (exact) mass is 344 g/mol. The van der Waals surface area contributed by atoms with E-state index in [1.54, 1.807) is 10.7 Å². The van der Waals surface area contributed by atoms with Crippen LogP contribution < -0.4 is 10.9 Å². The van der Waals surface area contributed by atoms with Crippen LogP contribution in [0.3, 0.4) is 0 Å². The lowest BCUT2D eigenvalue weighted by Gasteiger charge is -2.35. The van der Waals surface area contributed by atoms with Crippen molar-refractivity contribution in [3.8, 4) is 0 Å². The van der Waals surface area contributed by atoms with E-state index < -0.39 is 0 Å². The molecular weight excluding hydrogens is 316 g/mol. The van der Waals surface area contributed by atoms with E-state index in [1.165, 1.54) is 12.8 Å². The summed E-state index contributed by atoms with van der Waals surface area (Å²) in [5, 5.41) is 7.58. The fourth-order valence-electron chi connectivity index (χ4n) is 4.09. The second-order valence-electron chi connectivity index (χ2n) is 8.01. The van der Waals surface area contributed by atoms with Crippen molar-refractivity contribution in [2.24, 2.45) is 11.8 Å². The van der Waals surface area contributed by atoms with Crippen LogP contribution >= 0.6 is 0 Å². The second kappa shape index (κ2) is 7.28. The first kappa shape index (κ1) is 16.8. The van der Waals surface area contributed by atoms with Gasteiger partial charge in [0.05, 0.1) is 5.69 Å². The number of carbonyl (C=O) groups excluding carboxylic acids is 1. The Balaban J connectivity index is 1.27. The average Bonchev–Trinajstić information content (AvgIpc) is 3.46. The Labute approximate surface area is 148 Å². The van der Waals surface area contributed by atoms with Gasteiger partial charge < -0.3 is 10.2 Å². The minimum absolute atomic E-state index is 0.0322. The molecule has 0 bridgehead atoms. The van der Waals surface area contributed by atoms with Gasteiger partial charge >= 0.3 is 0 Å². The molecule has 6 nitrogen and oxygen atoms in total. The molecule has 2 saturated heterocycles. The second-order valence-corrected chi connectivity index (χ2v) is 8.01. The van der Waals surface area contributed by atoms with Gasteiger partial charge in [0.25, 0.3) is 5.56 Å². The molecule has 0 aromatic carbocycles. The molecule has 1 unspecified atom stereocenters. The highest BCUT2D eigenvalue weighted by Crippen LogP contribution is 2.38. The zero-order valence-electron chi connectivity index (χ0n) is 14.8. The highest BCUT2D eigenvalue weighted by atomic mass is 16.1. The van der Waals surface area contributed by atoms with Gasteiger partial charge in [0.1, 0.15) is 0 Å². The summed E-state index contributed by atoms with van der Waals surface area (Å²) < 4.78 is 1.70. The maximum Gasteiger partial charge on any atom is 0.266 e. The molecule has 2 aliphatic heterocycles. The van der Waals surface area contributed by atoms with Gasteiger partial charge in [0.2, 0.25) is 5.91 Å². The number of piperidine rings is 2. The predicted octanol–water partition coefficient (Wildman–Crippen LogP) is 1.36. The highest BCUT2D eigenvalue weighted by molar-refractivity contribution is 5.76. The van der Waals surface area contributed by atoms with Crippen LogP contribution in [0.2, 0.25) is 0 Å². The maximum atomic E-state index is 12.1. The van der Waals surface area contributed by atoms with Crippen LogP contribution in [0.25, 0.3) is 0 Å². The third kappa shape index (κ3) is 4.29. The maximum absolute atomic E-state index is 12.1. The minimum Gasteiger partial charge on any atom is -0.356 e. The van der Waals surface area contributed by atoms with Crippen LogP contribution in [0.1, 0.15) is 50.1 Å². The number of aromatic nitrogens is 2. The van der Waals surface area contributed by atoms with E-state index in [0.29, 0.717) is 24.2 Å². The van der Waals surface area contributed by atoms with Crippen molar-refractivity contribution in [3.63, 3.8) is 0 Å². The molecule has 0 radical (unpaired) electrons. The molecular formula is C19H28N4O2. The average molecular weight is 344 g/mol. The predicted molar refractivity (Wildman–Crippen MR) is 95.4 cm³/mol. The molecule has 136 valence electrons. The lowest BCUT2D eigenvalue weighted by molar-refractivity contribution is -0.123. The number of nitrogens with zero attached hydrogens (tertiary/aromatic N) is 3. The molecule has 1 aromatic heterocycles. The zero-order valence-corrected chi connectivity index (χ0v) is 14.8. The number of likely N-dealkylation sites (tertiary alicyclic amines) is 1. The quantitative estimate of drug-likeness (QED) is 0.876. The Kier molecular flexibility index (Phi) is 4.88. The first-order valence-electron chi connectivity index (χ1n) is 9.74. The smallest absolute Gasteiger partial charge is 0.266 e. The molecule has 1 aliphatic carbocycles. The topological polar surface area (TPSA) is 67.2 Å². The van der Waals surface area contributed by atoms with Crippen molar-refractivity contribution >= 4 is 5.91 Å². The minimum atomic E-state index is 0.0322. The first-order valence-corrected chi connectivity index (χ1v) is 9.74. The standard InChI is InChI=1S/C19H28N4O2/c24-18-5-1-15(11-20-18)12-22-9-7-14(8-10-22)13-23-19(25)6-4-17(21-23)16-2-3-16/h4,6,14-16H,1-3,5,7-13H2,(H,20,24). The van der Waals surface area contributed by atoms with E-state index in [4.69, 9.17) is 0 Å². The molecule has 1 atom stereocenters. The lowest BCUT2D eigenvalue weighted by Crippen LogP contribution is -2.44. The summed E-state index contributed by atoms with van der Waals surface area (Å²) in [4.78, 5) is 25.9. The Hall–Kier alpha value is -1.69. The van der Waals surface area contributed by atoms with Gasteiger partial charge in [-0.15, -0.1) is 0 Å². The van der Waals surface area contributed by atoms with Crippen molar-refractivity contribution in [2.75, 3.05) is 26.2 Å². The summed E-state index contributed by atoms with van der Waals surface area (Å²) in [6, 6.07) is 3.59. The summed E-state index contributed by atoms with van der Waals surface area (Å²) >= 11 is 0. The van der Waals surface area contributed by atoms with Crippen molar-refractivity contribution in [2.45, 2.75) is 51.0 Å². The summed E-state index contributed by atoms with van der Waals surface area (Å²) in [7, 11) is 0. The molecule has 1 aromatic rings. The Morgan fingerprint density at radius 2 is 1.80 bits per heavy atom. The van der Waals surface area contributed by atoms with Crippen LogP contribution in [0, 0.1) is 11.8 Å². The van der Waals surface area contributed by atoms with Gasteiger partial charge in [-0.1, -0.05) is 0 Å². The number of hydrogen-bond donors (Lipinski definition) is 1. The molecule has 1 N–H and O–H groups in total. The first-order chi connectivity index (χ1) is 12.2. The zero-order chi connectivity index (χ0) is 17.2. The number of carbonyl (C=O) groups is 1. The summed E-state index contributed by atoms with van der Waals surface area (Å²) in [6.07, 6.45) is 6.37. The van der Waals surface area contributed by atoms with E-state index in [2.05, 4.69) is 15.3 Å². The van der Waals surface area contributed by atoms with E-state index in [9.17, 15) is 9.59 Å². The number of hydrogen-bond acceptors (Lipinski definition) is 4. The normalized spacial score (nSPS) is 25.8. The lowest BCUT2D eigenvalue weighted by atomic mass is 9.94. The molecule has 6 heteroatoms. The summed E-state index contributed by atoms with van der Waals surface area (Å²) in [5.74, 6) is 1.92. The summed E-state index contributed by atoms with van der Waals surface area (Å²) in [5.41, 5.74) is 1.13. The van der Waals surface area contributed by atoms with Gasteiger partial charge in [-0.05, 0) is 63.1 Å². The van der Waals surface area contributed by atoms with Crippen molar-refractivity contribution in [3.05, 3.63) is 28.2 Å². The molecule has 4 rings (SSSR count). The van der Waals surface area contributed by atoms with Crippen molar-refractivity contribution in [1.82, 2.24) is 20.0 Å². The van der Waals surface area contributed by atoms with E-state index in [0.717, 1.165) is 57.7 Å². The van der Waals surface area contributed by atoms with Gasteiger partial charge in [-0.3, -0.25) is 9.59 Å². The van der Waals surface area contributed by atoms with Crippen molar-refractivity contribution in [1.29, 1.82) is 0 Å². The molecule has 3 heterocycles. The van der Waals surface area contributed by atoms with Crippen molar-refractivity contribution < 1.29 is 4.79 Å². The number of rotatable bonds is 5. The number of nitrogens with one attached hydrogen (secondary N) is 1. The Morgan fingerprint density at radius 1 is 1.00 bits per heavy atom. The number of amides is 1.